The molecule has 0 aromatic rings. The second kappa shape index (κ2) is 14.3. The molecule has 1 unspecified atom stereocenters. The van der Waals surface area contributed by atoms with Gasteiger partial charge in [-0.1, -0.05) is 73.1 Å². The maximum atomic E-state index is 12.3. The van der Waals surface area contributed by atoms with Gasteiger partial charge in [0.05, 0.1) is 25.6 Å². The molecule has 0 saturated carbocycles. The number of ether oxygens (including phenoxy) is 2. The van der Waals surface area contributed by atoms with Gasteiger partial charge >= 0.3 is 11.9 Å². The summed E-state index contributed by atoms with van der Waals surface area (Å²) in [5, 5.41) is 0. The van der Waals surface area contributed by atoms with Crippen molar-refractivity contribution in [3.63, 3.8) is 0 Å². The fraction of sp³-hybridized carbons (Fsp3) is 0.900. The number of hydrogen-bond donors (Lipinski definition) is 0. The fourth-order valence-corrected chi connectivity index (χ4v) is 2.36. The van der Waals surface area contributed by atoms with Crippen LogP contribution in [0.25, 0.3) is 0 Å². The molecular formula is C20H38O4. The Labute approximate surface area is 148 Å². The molecule has 0 aliphatic heterocycles. The van der Waals surface area contributed by atoms with Crippen molar-refractivity contribution in [1.29, 1.82) is 0 Å². The standard InChI is InChI=1S/C20H38O4/c1-6-7-8-9-10-11-12-18(20(22)24-15-17(4)5)13-19(21)23-14-16(2)3/h16-18H,6-15H2,1-5H3. The van der Waals surface area contributed by atoms with Crippen LogP contribution >= 0.6 is 0 Å². The van der Waals surface area contributed by atoms with E-state index in [1.807, 2.05) is 27.7 Å². The monoisotopic (exact) mass is 342 g/mol. The Morgan fingerprint density at radius 2 is 1.33 bits per heavy atom. The summed E-state index contributed by atoms with van der Waals surface area (Å²) >= 11 is 0. The van der Waals surface area contributed by atoms with Crippen LogP contribution in [0.1, 0.15) is 86.0 Å². The van der Waals surface area contributed by atoms with Crippen LogP contribution in [-0.2, 0) is 19.1 Å². The molecule has 0 bridgehead atoms. The molecule has 0 aliphatic rings. The maximum absolute atomic E-state index is 12.3. The quantitative estimate of drug-likeness (QED) is 0.324. The van der Waals surface area contributed by atoms with Gasteiger partial charge in [-0.25, -0.2) is 0 Å². The van der Waals surface area contributed by atoms with Gasteiger partial charge in [-0.2, -0.15) is 0 Å². The maximum Gasteiger partial charge on any atom is 0.309 e. The van der Waals surface area contributed by atoms with E-state index in [0.29, 0.717) is 31.5 Å². The Bertz CT molecular complexity index is 337. The third-order valence-corrected chi connectivity index (χ3v) is 3.79. The molecule has 24 heavy (non-hydrogen) atoms. The molecule has 0 aromatic carbocycles. The van der Waals surface area contributed by atoms with E-state index >= 15 is 0 Å². The van der Waals surface area contributed by atoms with Gasteiger partial charge in [0.2, 0.25) is 0 Å². The largest absolute Gasteiger partial charge is 0.465 e. The van der Waals surface area contributed by atoms with Gasteiger partial charge < -0.3 is 9.47 Å². The van der Waals surface area contributed by atoms with Crippen LogP contribution in [0.15, 0.2) is 0 Å². The van der Waals surface area contributed by atoms with E-state index in [-0.39, 0.29) is 24.3 Å². The van der Waals surface area contributed by atoms with E-state index in [2.05, 4.69) is 6.92 Å². The Morgan fingerprint density at radius 3 is 1.92 bits per heavy atom. The first-order valence-corrected chi connectivity index (χ1v) is 9.69. The number of carbonyl (C=O) groups excluding carboxylic acids is 2. The molecule has 4 heteroatoms. The molecule has 0 radical (unpaired) electrons. The number of rotatable bonds is 14. The molecule has 0 rings (SSSR count). The van der Waals surface area contributed by atoms with Crippen LogP contribution in [0.4, 0.5) is 0 Å². The SMILES string of the molecule is CCCCCCCCC(CC(=O)OCC(C)C)C(=O)OCC(C)C. The Hall–Kier alpha value is -1.06. The Kier molecular flexibility index (Phi) is 13.7. The van der Waals surface area contributed by atoms with Gasteiger partial charge in [-0.15, -0.1) is 0 Å². The van der Waals surface area contributed by atoms with Crippen molar-refractivity contribution in [2.45, 2.75) is 86.0 Å². The molecular weight excluding hydrogens is 304 g/mol. The highest BCUT2D eigenvalue weighted by Gasteiger charge is 2.24. The second-order valence-electron chi connectivity index (χ2n) is 7.56. The summed E-state index contributed by atoms with van der Waals surface area (Å²) in [4.78, 5) is 24.2. The van der Waals surface area contributed by atoms with Crippen LogP contribution in [0.5, 0.6) is 0 Å². The van der Waals surface area contributed by atoms with Gasteiger partial charge in [0.25, 0.3) is 0 Å². The molecule has 0 heterocycles. The van der Waals surface area contributed by atoms with Gasteiger partial charge in [-0.05, 0) is 18.3 Å². The van der Waals surface area contributed by atoms with Crippen molar-refractivity contribution in [1.82, 2.24) is 0 Å². The van der Waals surface area contributed by atoms with E-state index in [4.69, 9.17) is 9.47 Å². The lowest BCUT2D eigenvalue weighted by Gasteiger charge is -2.17. The third kappa shape index (κ3) is 13.4. The zero-order valence-electron chi connectivity index (χ0n) is 16.4. The van der Waals surface area contributed by atoms with E-state index < -0.39 is 0 Å². The highest BCUT2D eigenvalue weighted by atomic mass is 16.5. The minimum Gasteiger partial charge on any atom is -0.465 e. The Morgan fingerprint density at radius 1 is 0.792 bits per heavy atom. The molecule has 0 N–H and O–H groups in total. The summed E-state index contributed by atoms with van der Waals surface area (Å²) in [5.41, 5.74) is 0. The summed E-state index contributed by atoms with van der Waals surface area (Å²) in [5.74, 6) is -0.301. The number of carbonyl (C=O) groups is 2. The molecule has 1 atom stereocenters. The van der Waals surface area contributed by atoms with Crippen molar-refractivity contribution in [3.05, 3.63) is 0 Å². The van der Waals surface area contributed by atoms with Gasteiger partial charge in [0.1, 0.15) is 0 Å². The van der Waals surface area contributed by atoms with Gasteiger partial charge in [0.15, 0.2) is 0 Å². The van der Waals surface area contributed by atoms with Crippen LogP contribution in [0.2, 0.25) is 0 Å². The summed E-state index contributed by atoms with van der Waals surface area (Å²) in [7, 11) is 0. The van der Waals surface area contributed by atoms with Gasteiger partial charge in [0, 0.05) is 0 Å². The van der Waals surface area contributed by atoms with Crippen molar-refractivity contribution < 1.29 is 19.1 Å². The molecule has 0 aliphatic carbocycles. The minimum absolute atomic E-state index is 0.138. The van der Waals surface area contributed by atoms with E-state index in [0.717, 1.165) is 12.8 Å². The highest BCUT2D eigenvalue weighted by Crippen LogP contribution is 2.18. The van der Waals surface area contributed by atoms with Crippen LogP contribution < -0.4 is 0 Å². The van der Waals surface area contributed by atoms with E-state index in [1.54, 1.807) is 0 Å². The van der Waals surface area contributed by atoms with Crippen LogP contribution in [0.3, 0.4) is 0 Å². The normalized spacial score (nSPS) is 12.5. The lowest BCUT2D eigenvalue weighted by atomic mass is 9.97. The molecule has 0 amide bonds. The number of esters is 2. The van der Waals surface area contributed by atoms with Gasteiger partial charge in [-0.3, -0.25) is 9.59 Å². The van der Waals surface area contributed by atoms with Crippen LogP contribution in [-0.4, -0.2) is 25.2 Å². The third-order valence-electron chi connectivity index (χ3n) is 3.79. The first-order valence-electron chi connectivity index (χ1n) is 9.69. The number of hydrogen-bond acceptors (Lipinski definition) is 4. The molecule has 0 saturated heterocycles. The van der Waals surface area contributed by atoms with E-state index in [9.17, 15) is 9.59 Å². The first kappa shape index (κ1) is 22.9. The average molecular weight is 343 g/mol. The summed E-state index contributed by atoms with van der Waals surface area (Å²) in [6, 6.07) is 0. The first-order chi connectivity index (χ1) is 11.4. The fourth-order valence-electron chi connectivity index (χ4n) is 2.36. The molecule has 0 aromatic heterocycles. The minimum atomic E-state index is -0.366. The zero-order chi connectivity index (χ0) is 18.4. The summed E-state index contributed by atoms with van der Waals surface area (Å²) < 4.78 is 10.6. The van der Waals surface area contributed by atoms with Crippen molar-refractivity contribution in [3.8, 4) is 0 Å². The predicted octanol–water partition coefficient (Wildman–Crippen LogP) is 5.14. The molecule has 0 fully saturated rings. The topological polar surface area (TPSA) is 52.6 Å². The van der Waals surface area contributed by atoms with Crippen molar-refractivity contribution >= 4 is 11.9 Å². The highest BCUT2D eigenvalue weighted by molar-refractivity contribution is 5.79. The van der Waals surface area contributed by atoms with Crippen molar-refractivity contribution in [2.75, 3.05) is 13.2 Å². The molecule has 4 nitrogen and oxygen atoms in total. The zero-order valence-corrected chi connectivity index (χ0v) is 16.4. The average Bonchev–Trinajstić information content (AvgIpc) is 2.52. The lowest BCUT2D eigenvalue weighted by Crippen LogP contribution is -2.24. The smallest absolute Gasteiger partial charge is 0.309 e. The molecule has 142 valence electrons. The summed E-state index contributed by atoms with van der Waals surface area (Å²) in [6.45, 7) is 11.0. The predicted molar refractivity (Wildman–Crippen MR) is 97.7 cm³/mol. The molecule has 0 spiro atoms. The van der Waals surface area contributed by atoms with Crippen molar-refractivity contribution in [2.24, 2.45) is 17.8 Å². The number of unbranched alkanes of at least 4 members (excludes halogenated alkanes) is 5. The second-order valence-corrected chi connectivity index (χ2v) is 7.56. The Balaban J connectivity index is 4.31. The van der Waals surface area contributed by atoms with E-state index in [1.165, 1.54) is 25.7 Å². The van der Waals surface area contributed by atoms with Crippen LogP contribution in [0, 0.1) is 17.8 Å². The summed E-state index contributed by atoms with van der Waals surface area (Å²) in [6.07, 6.45) is 7.85. The lowest BCUT2D eigenvalue weighted by molar-refractivity contribution is -0.156.